The van der Waals surface area contributed by atoms with E-state index in [4.69, 9.17) is 0 Å². The van der Waals surface area contributed by atoms with E-state index in [9.17, 15) is 9.59 Å². The van der Waals surface area contributed by atoms with Gasteiger partial charge >= 0.3 is 0 Å². The van der Waals surface area contributed by atoms with Gasteiger partial charge in [-0.15, -0.1) is 0 Å². The van der Waals surface area contributed by atoms with E-state index in [0.717, 1.165) is 17.0 Å². The highest BCUT2D eigenvalue weighted by Gasteiger charge is 2.08. The molecule has 3 aromatic rings. The molecule has 0 atom stereocenters. The van der Waals surface area contributed by atoms with Crippen molar-refractivity contribution in [3.8, 4) is 5.82 Å². The Morgan fingerprint density at radius 1 is 1.04 bits per heavy atom. The van der Waals surface area contributed by atoms with Crippen LogP contribution >= 0.6 is 0 Å². The van der Waals surface area contributed by atoms with E-state index in [1.165, 1.54) is 0 Å². The van der Waals surface area contributed by atoms with Crippen molar-refractivity contribution in [2.24, 2.45) is 0 Å². The highest BCUT2D eigenvalue weighted by atomic mass is 16.2. The molecule has 0 spiro atoms. The summed E-state index contributed by atoms with van der Waals surface area (Å²) < 4.78 is 1.74. The molecule has 0 aliphatic rings. The first-order valence-corrected chi connectivity index (χ1v) is 8.61. The number of nitrogens with zero attached hydrogens (tertiary/aromatic N) is 3. The number of benzene rings is 1. The number of nitrogens with one attached hydrogen (secondary N) is 2. The Morgan fingerprint density at radius 2 is 1.81 bits per heavy atom. The normalized spacial score (nSPS) is 10.4. The summed E-state index contributed by atoms with van der Waals surface area (Å²) in [5.74, 6) is 0.168. The maximum atomic E-state index is 12.0. The van der Waals surface area contributed by atoms with Gasteiger partial charge in [-0.1, -0.05) is 30.3 Å². The van der Waals surface area contributed by atoms with E-state index in [0.29, 0.717) is 11.5 Å². The van der Waals surface area contributed by atoms with Gasteiger partial charge < -0.3 is 10.6 Å². The zero-order chi connectivity index (χ0) is 19.2. The molecule has 0 bridgehead atoms. The van der Waals surface area contributed by atoms with Crippen LogP contribution in [0.2, 0.25) is 0 Å². The van der Waals surface area contributed by atoms with Crippen molar-refractivity contribution in [2.75, 3.05) is 11.9 Å². The number of rotatable bonds is 6. The summed E-state index contributed by atoms with van der Waals surface area (Å²) >= 11 is 0. The average Bonchev–Trinajstić information content (AvgIpc) is 3.00. The highest BCUT2D eigenvalue weighted by molar-refractivity contribution is 5.94. The van der Waals surface area contributed by atoms with Crippen LogP contribution in [0.4, 0.5) is 5.69 Å². The van der Waals surface area contributed by atoms with Crippen molar-refractivity contribution in [3.05, 3.63) is 71.7 Å². The number of carbonyl (C=O) groups excluding carboxylic acids is 2. The third-order valence-electron chi connectivity index (χ3n) is 3.91. The molecule has 0 saturated carbocycles. The summed E-state index contributed by atoms with van der Waals surface area (Å²) in [5, 5.41) is 9.70. The van der Waals surface area contributed by atoms with Crippen LogP contribution in [-0.2, 0) is 16.0 Å². The second kappa shape index (κ2) is 8.27. The fourth-order valence-electron chi connectivity index (χ4n) is 2.67. The lowest BCUT2D eigenvalue weighted by Crippen LogP contribution is -2.33. The molecular weight excluding hydrogens is 342 g/mol. The Hall–Kier alpha value is -3.48. The summed E-state index contributed by atoms with van der Waals surface area (Å²) in [6, 6.07) is 14.9. The maximum absolute atomic E-state index is 12.0. The fourth-order valence-corrected chi connectivity index (χ4v) is 2.67. The van der Waals surface area contributed by atoms with Crippen LogP contribution in [0.5, 0.6) is 0 Å². The number of hydrogen-bond acceptors (Lipinski definition) is 4. The van der Waals surface area contributed by atoms with Crippen molar-refractivity contribution in [1.29, 1.82) is 0 Å². The summed E-state index contributed by atoms with van der Waals surface area (Å²) in [7, 11) is 0. The van der Waals surface area contributed by atoms with Gasteiger partial charge in [-0.3, -0.25) is 9.59 Å². The van der Waals surface area contributed by atoms with E-state index in [1.807, 2.05) is 50.2 Å². The van der Waals surface area contributed by atoms with Crippen LogP contribution < -0.4 is 10.6 Å². The van der Waals surface area contributed by atoms with E-state index in [-0.39, 0.29) is 24.8 Å². The van der Waals surface area contributed by atoms with Gasteiger partial charge in [-0.2, -0.15) is 5.10 Å². The number of aromatic nitrogens is 3. The zero-order valence-corrected chi connectivity index (χ0v) is 15.3. The van der Waals surface area contributed by atoms with Crippen molar-refractivity contribution >= 4 is 17.5 Å². The molecule has 27 heavy (non-hydrogen) atoms. The predicted molar refractivity (Wildman–Crippen MR) is 103 cm³/mol. The molecule has 138 valence electrons. The van der Waals surface area contributed by atoms with Crippen molar-refractivity contribution in [3.63, 3.8) is 0 Å². The number of carbonyl (C=O) groups is 2. The number of aryl methyl sites for hydroxylation is 2. The minimum absolute atomic E-state index is 0.0924. The van der Waals surface area contributed by atoms with Gasteiger partial charge in [0.05, 0.1) is 30.5 Å². The monoisotopic (exact) mass is 363 g/mol. The van der Waals surface area contributed by atoms with Crippen LogP contribution in [0.15, 0.2) is 54.7 Å². The van der Waals surface area contributed by atoms with Gasteiger partial charge in [-0.05, 0) is 37.6 Å². The third-order valence-corrected chi connectivity index (χ3v) is 3.91. The summed E-state index contributed by atoms with van der Waals surface area (Å²) in [4.78, 5) is 28.2. The van der Waals surface area contributed by atoms with Crippen LogP contribution in [-0.4, -0.2) is 33.1 Å². The molecule has 2 amide bonds. The largest absolute Gasteiger partial charge is 0.347 e. The van der Waals surface area contributed by atoms with Crippen LogP contribution in [0.25, 0.3) is 5.82 Å². The Bertz CT molecular complexity index is 933. The Balaban J connectivity index is 1.50. The lowest BCUT2D eigenvalue weighted by atomic mass is 10.1. The molecule has 0 saturated heterocycles. The molecule has 1 aromatic carbocycles. The third kappa shape index (κ3) is 5.01. The highest BCUT2D eigenvalue weighted by Crippen LogP contribution is 2.12. The first-order valence-electron chi connectivity index (χ1n) is 8.61. The molecule has 2 heterocycles. The van der Waals surface area contributed by atoms with Gasteiger partial charge in [0.1, 0.15) is 0 Å². The van der Waals surface area contributed by atoms with Gasteiger partial charge in [0.15, 0.2) is 5.82 Å². The van der Waals surface area contributed by atoms with Crippen LogP contribution in [0.3, 0.4) is 0 Å². The number of pyridine rings is 1. The number of anilines is 1. The molecule has 0 radical (unpaired) electrons. The Kier molecular flexibility index (Phi) is 5.61. The molecule has 0 fully saturated rings. The predicted octanol–water partition coefficient (Wildman–Crippen LogP) is 2.18. The van der Waals surface area contributed by atoms with Crippen LogP contribution in [0.1, 0.15) is 17.0 Å². The molecule has 0 aliphatic heterocycles. The molecule has 7 heteroatoms. The minimum Gasteiger partial charge on any atom is -0.347 e. The molecule has 0 unspecified atom stereocenters. The molecule has 2 N–H and O–H groups in total. The van der Waals surface area contributed by atoms with Gasteiger partial charge in [0, 0.05) is 5.69 Å². The smallest absolute Gasteiger partial charge is 0.243 e. The summed E-state index contributed by atoms with van der Waals surface area (Å²) in [5.41, 5.74) is 3.36. The standard InChI is InChI=1S/C20H21N5O2/c1-14-10-15(2)25(24-14)18-9-8-17(12-21-18)23-20(27)13-22-19(26)11-16-6-4-3-5-7-16/h3-10,12H,11,13H2,1-2H3,(H,22,26)(H,23,27). The Morgan fingerprint density at radius 3 is 2.44 bits per heavy atom. The second-order valence-corrected chi connectivity index (χ2v) is 6.23. The Labute approximate surface area is 157 Å². The van der Waals surface area contributed by atoms with Gasteiger partial charge in [-0.25, -0.2) is 9.67 Å². The first-order chi connectivity index (χ1) is 13.0. The molecule has 0 aliphatic carbocycles. The topological polar surface area (TPSA) is 88.9 Å². The molecule has 3 rings (SSSR count). The molecule has 2 aromatic heterocycles. The van der Waals surface area contributed by atoms with E-state index < -0.39 is 0 Å². The number of amides is 2. The molecular formula is C20H21N5O2. The maximum Gasteiger partial charge on any atom is 0.243 e. The second-order valence-electron chi connectivity index (χ2n) is 6.23. The molecule has 7 nitrogen and oxygen atoms in total. The first kappa shape index (κ1) is 18.3. The lowest BCUT2D eigenvalue weighted by Gasteiger charge is -2.08. The number of hydrogen-bond donors (Lipinski definition) is 2. The van der Waals surface area contributed by atoms with E-state index in [1.54, 1.807) is 23.0 Å². The zero-order valence-electron chi connectivity index (χ0n) is 15.3. The van der Waals surface area contributed by atoms with Crippen LogP contribution in [0, 0.1) is 13.8 Å². The SMILES string of the molecule is Cc1cc(C)n(-c2ccc(NC(=O)CNC(=O)Cc3ccccc3)cn2)n1. The minimum atomic E-state index is -0.308. The fraction of sp³-hybridized carbons (Fsp3) is 0.200. The van der Waals surface area contributed by atoms with Gasteiger partial charge in [0.2, 0.25) is 11.8 Å². The van der Waals surface area contributed by atoms with Crippen molar-refractivity contribution < 1.29 is 9.59 Å². The average molecular weight is 363 g/mol. The van der Waals surface area contributed by atoms with Crippen molar-refractivity contribution in [1.82, 2.24) is 20.1 Å². The van der Waals surface area contributed by atoms with E-state index >= 15 is 0 Å². The lowest BCUT2D eigenvalue weighted by molar-refractivity contribution is -0.123. The summed E-state index contributed by atoms with van der Waals surface area (Å²) in [6.45, 7) is 3.78. The summed E-state index contributed by atoms with van der Waals surface area (Å²) in [6.07, 6.45) is 1.81. The van der Waals surface area contributed by atoms with Gasteiger partial charge in [0.25, 0.3) is 0 Å². The van der Waals surface area contributed by atoms with E-state index in [2.05, 4.69) is 20.7 Å². The quantitative estimate of drug-likeness (QED) is 0.702. The van der Waals surface area contributed by atoms with Crippen molar-refractivity contribution in [2.45, 2.75) is 20.3 Å².